The van der Waals surface area contributed by atoms with E-state index in [1.54, 1.807) is 7.11 Å². The fourth-order valence-electron chi connectivity index (χ4n) is 3.74. The molecule has 5 nitrogen and oxygen atoms in total. The van der Waals surface area contributed by atoms with Crippen molar-refractivity contribution < 1.29 is 4.74 Å². The average molecular weight is 381 g/mol. The van der Waals surface area contributed by atoms with Gasteiger partial charge in [0.15, 0.2) is 0 Å². The number of nitrogens with zero attached hydrogens (tertiary/aromatic N) is 3. The Morgan fingerprint density at radius 1 is 1.18 bits per heavy atom. The number of anilines is 1. The average Bonchev–Trinajstić information content (AvgIpc) is 3.02. The lowest BCUT2D eigenvalue weighted by molar-refractivity contribution is 0.164. The maximum atomic E-state index is 5.37. The molecule has 150 valence electrons. The number of fused-ring (bicyclic) bond motifs is 1. The molecule has 0 spiro atoms. The van der Waals surface area contributed by atoms with E-state index in [-0.39, 0.29) is 6.04 Å². The summed E-state index contributed by atoms with van der Waals surface area (Å²) in [6.07, 6.45) is 3.10. The topological polar surface area (TPSA) is 52.0 Å². The van der Waals surface area contributed by atoms with Crippen molar-refractivity contribution in [2.24, 2.45) is 0 Å². The van der Waals surface area contributed by atoms with Gasteiger partial charge < -0.3 is 14.6 Å². The van der Waals surface area contributed by atoms with E-state index in [2.05, 4.69) is 68.9 Å². The number of rotatable bonds is 7. The predicted octanol–water partition coefficient (Wildman–Crippen LogP) is 5.34. The van der Waals surface area contributed by atoms with E-state index in [0.29, 0.717) is 12.5 Å². The smallest absolute Gasteiger partial charge is 0.135 e. The normalized spacial score (nSPS) is 12.7. The first-order chi connectivity index (χ1) is 13.4. The maximum absolute atomic E-state index is 5.37. The molecule has 1 unspecified atom stereocenters. The summed E-state index contributed by atoms with van der Waals surface area (Å²) in [7, 11) is 3.67. The Labute approximate surface area is 168 Å². The van der Waals surface area contributed by atoms with Gasteiger partial charge in [0.1, 0.15) is 5.82 Å². The summed E-state index contributed by atoms with van der Waals surface area (Å²) in [4.78, 5) is 9.95. The highest BCUT2D eigenvalue weighted by atomic mass is 16.5. The number of ether oxygens (including phenoxy) is 1. The molecule has 3 rings (SSSR count). The molecule has 1 atom stereocenters. The molecule has 5 heteroatoms. The molecule has 28 heavy (non-hydrogen) atoms. The summed E-state index contributed by atoms with van der Waals surface area (Å²) < 4.78 is 7.65. The van der Waals surface area contributed by atoms with Crippen LogP contribution < -0.4 is 5.32 Å². The summed E-state index contributed by atoms with van der Waals surface area (Å²) in [6.45, 7) is 11.5. The third-order valence-electron chi connectivity index (χ3n) is 5.33. The lowest BCUT2D eigenvalue weighted by Crippen LogP contribution is -2.10. The molecule has 0 saturated carbocycles. The van der Waals surface area contributed by atoms with Crippen molar-refractivity contribution in [1.82, 2.24) is 14.5 Å². The van der Waals surface area contributed by atoms with Gasteiger partial charge in [0.25, 0.3) is 0 Å². The van der Waals surface area contributed by atoms with Crippen LogP contribution in [0.25, 0.3) is 22.3 Å². The van der Waals surface area contributed by atoms with E-state index in [0.717, 1.165) is 34.7 Å². The number of methoxy groups -OCH3 is 1. The summed E-state index contributed by atoms with van der Waals surface area (Å²) in [5.41, 5.74) is 7.78. The molecule has 1 N–H and O–H groups in total. The van der Waals surface area contributed by atoms with Crippen LogP contribution in [0.2, 0.25) is 0 Å². The van der Waals surface area contributed by atoms with Gasteiger partial charge in [-0.25, -0.2) is 9.97 Å². The van der Waals surface area contributed by atoms with Crippen molar-refractivity contribution in [3.8, 4) is 11.3 Å². The standard InChI is InChI=1S/C23H32N4O/c1-8-17-11-20-21(15(4)12-27(20)16(5)13-28-7)26-22(17)18-9-10-19(14(2)3)25-23(18)24-6/h9-12,14,16H,8,13H2,1-7H3,(H,24,25). The maximum Gasteiger partial charge on any atom is 0.135 e. The fourth-order valence-corrected chi connectivity index (χ4v) is 3.74. The van der Waals surface area contributed by atoms with E-state index in [1.807, 2.05) is 7.05 Å². The summed E-state index contributed by atoms with van der Waals surface area (Å²) in [5.74, 6) is 1.28. The number of hydrogen-bond donors (Lipinski definition) is 1. The minimum atomic E-state index is 0.262. The zero-order chi connectivity index (χ0) is 20.4. The van der Waals surface area contributed by atoms with Gasteiger partial charge in [0.05, 0.1) is 29.4 Å². The van der Waals surface area contributed by atoms with Crippen molar-refractivity contribution in [3.63, 3.8) is 0 Å². The Bertz CT molecular complexity index is 974. The molecule has 0 amide bonds. The van der Waals surface area contributed by atoms with Crippen LogP contribution >= 0.6 is 0 Å². The summed E-state index contributed by atoms with van der Waals surface area (Å²) in [6, 6.07) is 6.82. The molecule has 0 aliphatic heterocycles. The molecule has 0 aliphatic rings. The van der Waals surface area contributed by atoms with E-state index < -0.39 is 0 Å². The molecule has 0 radical (unpaired) electrons. The third-order valence-corrected chi connectivity index (χ3v) is 5.33. The van der Waals surface area contributed by atoms with Gasteiger partial charge in [-0.3, -0.25) is 0 Å². The number of nitrogens with one attached hydrogen (secondary N) is 1. The third kappa shape index (κ3) is 3.63. The monoisotopic (exact) mass is 380 g/mol. The van der Waals surface area contributed by atoms with Crippen molar-refractivity contribution in [1.29, 1.82) is 0 Å². The Kier molecular flexibility index (Phi) is 6.04. The van der Waals surface area contributed by atoms with Gasteiger partial charge in [-0.15, -0.1) is 0 Å². The Balaban J connectivity index is 2.21. The van der Waals surface area contributed by atoms with Crippen LogP contribution in [0, 0.1) is 6.92 Å². The highest BCUT2D eigenvalue weighted by molar-refractivity contribution is 5.86. The molecule has 0 fully saturated rings. The van der Waals surface area contributed by atoms with Crippen LogP contribution in [0.15, 0.2) is 24.4 Å². The number of aryl methyl sites for hydroxylation is 2. The second-order valence-electron chi connectivity index (χ2n) is 7.78. The van der Waals surface area contributed by atoms with Crippen molar-refractivity contribution in [2.75, 3.05) is 26.1 Å². The molecule has 3 aromatic heterocycles. The highest BCUT2D eigenvalue weighted by Gasteiger charge is 2.18. The van der Waals surface area contributed by atoms with Crippen molar-refractivity contribution in [3.05, 3.63) is 41.2 Å². The van der Waals surface area contributed by atoms with Crippen molar-refractivity contribution >= 4 is 16.9 Å². The second kappa shape index (κ2) is 8.31. The van der Waals surface area contributed by atoms with E-state index in [9.17, 15) is 0 Å². The first-order valence-electron chi connectivity index (χ1n) is 10.1. The predicted molar refractivity (Wildman–Crippen MR) is 117 cm³/mol. The quantitative estimate of drug-likeness (QED) is 0.601. The van der Waals surface area contributed by atoms with Crippen LogP contribution in [0.5, 0.6) is 0 Å². The molecule has 0 saturated heterocycles. The van der Waals surface area contributed by atoms with E-state index in [4.69, 9.17) is 14.7 Å². The SMILES string of the molecule is CCc1cc2c(nc1-c1ccc(C(C)C)nc1NC)c(C)cn2C(C)COC. The molecular weight excluding hydrogens is 348 g/mol. The molecule has 3 heterocycles. The van der Waals surface area contributed by atoms with Crippen molar-refractivity contribution in [2.45, 2.75) is 53.0 Å². The molecular formula is C23H32N4O. The number of pyridine rings is 2. The Morgan fingerprint density at radius 2 is 1.93 bits per heavy atom. The number of aromatic nitrogens is 3. The van der Waals surface area contributed by atoms with Gasteiger partial charge >= 0.3 is 0 Å². The first-order valence-corrected chi connectivity index (χ1v) is 10.1. The number of hydrogen-bond acceptors (Lipinski definition) is 4. The lowest BCUT2D eigenvalue weighted by Gasteiger charge is -2.17. The van der Waals surface area contributed by atoms with E-state index >= 15 is 0 Å². The Hall–Kier alpha value is -2.40. The van der Waals surface area contributed by atoms with Crippen LogP contribution in [-0.2, 0) is 11.2 Å². The molecule has 0 bridgehead atoms. The summed E-state index contributed by atoms with van der Waals surface area (Å²) >= 11 is 0. The minimum absolute atomic E-state index is 0.262. The zero-order valence-electron chi connectivity index (χ0n) is 18.1. The fraction of sp³-hybridized carbons (Fsp3) is 0.478. The van der Waals surface area contributed by atoms with Gasteiger partial charge in [-0.1, -0.05) is 20.8 Å². The van der Waals surface area contributed by atoms with Crippen LogP contribution in [0.3, 0.4) is 0 Å². The second-order valence-corrected chi connectivity index (χ2v) is 7.78. The first kappa shape index (κ1) is 20.3. The molecule has 0 aromatic carbocycles. The van der Waals surface area contributed by atoms with Crippen LogP contribution in [-0.4, -0.2) is 35.3 Å². The van der Waals surface area contributed by atoms with Crippen LogP contribution in [0.4, 0.5) is 5.82 Å². The minimum Gasteiger partial charge on any atom is -0.383 e. The van der Waals surface area contributed by atoms with Gasteiger partial charge in [-0.05, 0) is 55.5 Å². The molecule has 3 aromatic rings. The largest absolute Gasteiger partial charge is 0.383 e. The zero-order valence-corrected chi connectivity index (χ0v) is 18.1. The van der Waals surface area contributed by atoms with Gasteiger partial charge in [0.2, 0.25) is 0 Å². The summed E-state index contributed by atoms with van der Waals surface area (Å²) in [5, 5.41) is 3.27. The Morgan fingerprint density at radius 3 is 2.54 bits per heavy atom. The van der Waals surface area contributed by atoms with Gasteiger partial charge in [0, 0.05) is 31.6 Å². The van der Waals surface area contributed by atoms with Crippen LogP contribution in [0.1, 0.15) is 56.5 Å². The lowest BCUT2D eigenvalue weighted by atomic mass is 10.0. The van der Waals surface area contributed by atoms with E-state index in [1.165, 1.54) is 16.6 Å². The van der Waals surface area contributed by atoms with Gasteiger partial charge in [-0.2, -0.15) is 0 Å². The molecule has 0 aliphatic carbocycles. The highest BCUT2D eigenvalue weighted by Crippen LogP contribution is 2.34.